The molecule has 0 aliphatic heterocycles. The van der Waals surface area contributed by atoms with Crippen molar-refractivity contribution in [1.29, 1.82) is 0 Å². The van der Waals surface area contributed by atoms with Gasteiger partial charge < -0.3 is 15.0 Å². The molecule has 0 unspecified atom stereocenters. The Bertz CT molecular complexity index is 369. The molecule has 0 aromatic heterocycles. The van der Waals surface area contributed by atoms with Crippen molar-refractivity contribution in [3.63, 3.8) is 0 Å². The van der Waals surface area contributed by atoms with E-state index >= 15 is 0 Å². The second-order valence-corrected chi connectivity index (χ2v) is 2.46. The molecule has 7 nitrogen and oxygen atoms in total. The third-order valence-corrected chi connectivity index (χ3v) is 1.43. The van der Waals surface area contributed by atoms with Crippen molar-refractivity contribution in [2.45, 2.75) is 0 Å². The van der Waals surface area contributed by atoms with E-state index in [9.17, 15) is 9.59 Å². The quantitative estimate of drug-likeness (QED) is 0.586. The molecule has 2 N–H and O–H groups in total. The standard InChI is InChI=1S/C8H6O4.C2H2O2.CH2O/c9-7(10)5-1-2-6(4-3-5)8(11)12;3-1-2-4;1-2/h1-4H,(H,9,10)(H,11,12);1-2H;1H2. The van der Waals surface area contributed by atoms with Gasteiger partial charge in [0, 0.05) is 0 Å². The smallest absolute Gasteiger partial charge is 0.335 e. The third kappa shape index (κ3) is 7.46. The second-order valence-electron chi connectivity index (χ2n) is 2.46. The first-order chi connectivity index (χ1) is 8.52. The van der Waals surface area contributed by atoms with Crippen molar-refractivity contribution in [2.75, 3.05) is 0 Å². The fourth-order valence-corrected chi connectivity index (χ4v) is 0.755. The van der Waals surface area contributed by atoms with Gasteiger partial charge in [0.25, 0.3) is 0 Å². The minimum absolute atomic E-state index is 0.0833. The van der Waals surface area contributed by atoms with Crippen molar-refractivity contribution >= 4 is 31.3 Å². The summed E-state index contributed by atoms with van der Waals surface area (Å²) in [6, 6.07) is 5.02. The van der Waals surface area contributed by atoms with Gasteiger partial charge in [0.1, 0.15) is 6.79 Å². The van der Waals surface area contributed by atoms with Crippen LogP contribution in [-0.2, 0) is 14.4 Å². The van der Waals surface area contributed by atoms with E-state index in [1.165, 1.54) is 24.3 Å². The first kappa shape index (κ1) is 17.6. The molecule has 0 radical (unpaired) electrons. The van der Waals surface area contributed by atoms with Crippen LogP contribution in [0.4, 0.5) is 0 Å². The Morgan fingerprint density at radius 2 is 1.06 bits per heavy atom. The van der Waals surface area contributed by atoms with E-state index < -0.39 is 11.9 Å². The second kappa shape index (κ2) is 10.7. The number of aromatic carboxylic acids is 2. The van der Waals surface area contributed by atoms with E-state index in [-0.39, 0.29) is 23.7 Å². The highest BCUT2D eigenvalue weighted by atomic mass is 16.4. The van der Waals surface area contributed by atoms with Crippen molar-refractivity contribution in [2.24, 2.45) is 0 Å². The lowest BCUT2D eigenvalue weighted by molar-refractivity contribution is -0.122. The number of carboxylic acid groups (broad SMARTS) is 2. The zero-order valence-corrected chi connectivity index (χ0v) is 9.11. The van der Waals surface area contributed by atoms with Crippen LogP contribution in [0.5, 0.6) is 0 Å². The number of carboxylic acids is 2. The monoisotopic (exact) mass is 254 g/mol. The summed E-state index contributed by atoms with van der Waals surface area (Å²) in [5.74, 6) is -2.13. The summed E-state index contributed by atoms with van der Waals surface area (Å²) in [6.45, 7) is 2.00. The highest BCUT2D eigenvalue weighted by molar-refractivity contribution is 6.09. The normalized spacial score (nSPS) is 7.56. The van der Waals surface area contributed by atoms with Crippen LogP contribution >= 0.6 is 0 Å². The number of carbonyl (C=O) groups excluding carboxylic acids is 3. The van der Waals surface area contributed by atoms with Gasteiger partial charge in [-0.25, -0.2) is 9.59 Å². The fraction of sp³-hybridized carbons (Fsp3) is 0. The number of benzene rings is 1. The summed E-state index contributed by atoms with van der Waals surface area (Å²) in [5.41, 5.74) is 0.167. The van der Waals surface area contributed by atoms with Crippen LogP contribution in [0.15, 0.2) is 24.3 Å². The van der Waals surface area contributed by atoms with Crippen LogP contribution in [0.3, 0.4) is 0 Å². The maximum atomic E-state index is 10.3. The average Bonchev–Trinajstić information content (AvgIpc) is 2.41. The summed E-state index contributed by atoms with van der Waals surface area (Å²) in [4.78, 5) is 46.3. The van der Waals surface area contributed by atoms with Gasteiger partial charge in [-0.15, -0.1) is 0 Å². The van der Waals surface area contributed by atoms with Crippen LogP contribution in [-0.4, -0.2) is 41.5 Å². The summed E-state index contributed by atoms with van der Waals surface area (Å²) in [6.07, 6.45) is 0.389. The molecular formula is C11H10O7. The van der Waals surface area contributed by atoms with Crippen LogP contribution in [0, 0.1) is 0 Å². The number of aldehydes is 2. The number of hydrogen-bond donors (Lipinski definition) is 2. The molecule has 0 atom stereocenters. The highest BCUT2D eigenvalue weighted by Gasteiger charge is 2.04. The lowest BCUT2D eigenvalue weighted by atomic mass is 10.1. The SMILES string of the molecule is C=O.O=C(O)c1ccc(C(=O)O)cc1.O=CC=O. The topological polar surface area (TPSA) is 126 Å². The Balaban J connectivity index is 0. The number of carbonyl (C=O) groups is 5. The Morgan fingerprint density at radius 3 is 1.17 bits per heavy atom. The lowest BCUT2D eigenvalue weighted by Crippen LogP contribution is -1.99. The van der Waals surface area contributed by atoms with Gasteiger partial charge >= 0.3 is 11.9 Å². The zero-order valence-electron chi connectivity index (χ0n) is 9.11. The Morgan fingerprint density at radius 1 is 0.833 bits per heavy atom. The average molecular weight is 254 g/mol. The minimum atomic E-state index is -1.06. The molecule has 0 heterocycles. The van der Waals surface area contributed by atoms with Crippen molar-refractivity contribution in [3.05, 3.63) is 35.4 Å². The van der Waals surface area contributed by atoms with Gasteiger partial charge in [-0.05, 0) is 24.3 Å². The van der Waals surface area contributed by atoms with Gasteiger partial charge in [-0.2, -0.15) is 0 Å². The van der Waals surface area contributed by atoms with Gasteiger partial charge in [0.2, 0.25) is 0 Å². The molecule has 1 rings (SSSR count). The largest absolute Gasteiger partial charge is 0.478 e. The number of rotatable bonds is 3. The zero-order chi connectivity index (χ0) is 14.6. The molecule has 0 saturated carbocycles. The van der Waals surface area contributed by atoms with Gasteiger partial charge in [-0.1, -0.05) is 0 Å². The maximum absolute atomic E-state index is 10.3. The lowest BCUT2D eigenvalue weighted by Gasteiger charge is -1.94. The van der Waals surface area contributed by atoms with E-state index in [2.05, 4.69) is 0 Å². The van der Waals surface area contributed by atoms with E-state index in [0.717, 1.165) is 0 Å². The molecule has 0 spiro atoms. The predicted molar refractivity (Wildman–Crippen MR) is 59.6 cm³/mol. The summed E-state index contributed by atoms with van der Waals surface area (Å²) < 4.78 is 0. The Kier molecular flexibility index (Phi) is 10.4. The summed E-state index contributed by atoms with van der Waals surface area (Å²) >= 11 is 0. The minimum Gasteiger partial charge on any atom is -0.478 e. The van der Waals surface area contributed by atoms with Crippen LogP contribution in [0.25, 0.3) is 0 Å². The Labute approximate surface area is 102 Å². The first-order valence-corrected chi connectivity index (χ1v) is 4.27. The van der Waals surface area contributed by atoms with E-state index in [1.807, 2.05) is 6.79 Å². The van der Waals surface area contributed by atoms with Crippen LogP contribution in [0.2, 0.25) is 0 Å². The van der Waals surface area contributed by atoms with Crippen molar-refractivity contribution in [1.82, 2.24) is 0 Å². The van der Waals surface area contributed by atoms with Crippen molar-refractivity contribution < 1.29 is 34.2 Å². The van der Waals surface area contributed by atoms with E-state index in [1.54, 1.807) is 0 Å². The molecule has 96 valence electrons. The molecule has 0 amide bonds. The predicted octanol–water partition coefficient (Wildman–Crippen LogP) is 0.282. The van der Waals surface area contributed by atoms with Gasteiger partial charge in [-0.3, -0.25) is 9.59 Å². The van der Waals surface area contributed by atoms with Crippen LogP contribution in [0.1, 0.15) is 20.7 Å². The van der Waals surface area contributed by atoms with Gasteiger partial charge in [0.15, 0.2) is 12.6 Å². The maximum Gasteiger partial charge on any atom is 0.335 e. The fourth-order valence-electron chi connectivity index (χ4n) is 0.755. The molecule has 0 aliphatic rings. The van der Waals surface area contributed by atoms with E-state index in [4.69, 9.17) is 24.6 Å². The molecule has 1 aromatic carbocycles. The van der Waals surface area contributed by atoms with Gasteiger partial charge in [0.05, 0.1) is 11.1 Å². The van der Waals surface area contributed by atoms with Crippen molar-refractivity contribution in [3.8, 4) is 0 Å². The third-order valence-electron chi connectivity index (χ3n) is 1.43. The Hall–Kier alpha value is -2.83. The molecular weight excluding hydrogens is 244 g/mol. The summed E-state index contributed by atoms with van der Waals surface area (Å²) in [5, 5.41) is 16.9. The molecule has 1 aromatic rings. The number of hydrogen-bond acceptors (Lipinski definition) is 5. The molecule has 0 saturated heterocycles. The molecule has 18 heavy (non-hydrogen) atoms. The first-order valence-electron chi connectivity index (χ1n) is 4.27. The molecule has 7 heteroatoms. The summed E-state index contributed by atoms with van der Waals surface area (Å²) in [7, 11) is 0. The molecule has 0 aliphatic carbocycles. The van der Waals surface area contributed by atoms with E-state index in [0.29, 0.717) is 0 Å². The molecule has 0 bridgehead atoms. The van der Waals surface area contributed by atoms with Crippen LogP contribution < -0.4 is 0 Å². The molecule has 0 fully saturated rings. The highest BCUT2D eigenvalue weighted by Crippen LogP contribution is 2.03.